The number of rotatable bonds is 9. The van der Waals surface area contributed by atoms with Crippen molar-refractivity contribution in [1.29, 1.82) is 0 Å². The highest BCUT2D eigenvalue weighted by molar-refractivity contribution is 5.84. The number of carbonyl (C=O) groups excluding carboxylic acids is 2. The van der Waals surface area contributed by atoms with Gasteiger partial charge in [0.15, 0.2) is 17.3 Å². The molecule has 6 heteroatoms. The molecule has 1 rings (SSSR count). The van der Waals surface area contributed by atoms with Crippen LogP contribution in [0.1, 0.15) is 19.8 Å². The van der Waals surface area contributed by atoms with Crippen LogP contribution in [-0.4, -0.2) is 39.2 Å². The molecule has 0 heterocycles. The number of hydrogen-bond donors (Lipinski definition) is 0. The Morgan fingerprint density at radius 1 is 1.05 bits per heavy atom. The van der Waals surface area contributed by atoms with Crippen LogP contribution >= 0.6 is 0 Å². The summed E-state index contributed by atoms with van der Waals surface area (Å²) in [6.45, 7) is 1.87. The molecule has 0 saturated heterocycles. The smallest absolute Gasteiger partial charge is 0.306 e. The van der Waals surface area contributed by atoms with Gasteiger partial charge in [-0.25, -0.2) is 0 Å². The van der Waals surface area contributed by atoms with Crippen LogP contribution in [0.25, 0.3) is 0 Å². The minimum atomic E-state index is -0.388. The van der Waals surface area contributed by atoms with Gasteiger partial charge in [0.25, 0.3) is 0 Å². The van der Waals surface area contributed by atoms with Gasteiger partial charge in [0, 0.05) is 6.42 Å². The maximum absolute atomic E-state index is 11.7. The van der Waals surface area contributed by atoms with Crippen molar-refractivity contribution in [3.05, 3.63) is 18.2 Å². The molecule has 0 aromatic heterocycles. The van der Waals surface area contributed by atoms with E-state index in [0.29, 0.717) is 23.9 Å². The predicted octanol–water partition coefficient (Wildman–Crippen LogP) is 1.99. The Balaban J connectivity index is 2.55. The van der Waals surface area contributed by atoms with E-state index in [1.54, 1.807) is 25.1 Å². The molecule has 0 aliphatic carbocycles. The summed E-state index contributed by atoms with van der Waals surface area (Å²) in [4.78, 5) is 22.9. The Morgan fingerprint density at radius 3 is 2.19 bits per heavy atom. The Hall–Kier alpha value is -2.24. The molecule has 0 N–H and O–H groups in total. The number of benzene rings is 1. The minimum Gasteiger partial charge on any atom is -0.493 e. The first kappa shape index (κ1) is 16.8. The normalized spacial score (nSPS) is 9.86. The zero-order valence-electron chi connectivity index (χ0n) is 12.5. The van der Waals surface area contributed by atoms with E-state index in [0.717, 1.165) is 0 Å². The minimum absolute atomic E-state index is 0.0547. The number of ether oxygens (including phenoxy) is 4. The van der Waals surface area contributed by atoms with Crippen molar-refractivity contribution in [3.8, 4) is 17.2 Å². The second kappa shape index (κ2) is 8.84. The Kier molecular flexibility index (Phi) is 7.08. The third kappa shape index (κ3) is 5.33. The first-order valence-corrected chi connectivity index (χ1v) is 6.63. The molecule has 0 unspecified atom stereocenters. The standard InChI is InChI=1S/C15H20O6/c1-4-20-14(17)9-8-11(16)10-21-15-12(18-2)6-5-7-13(15)19-3/h5-7H,4,8-10H2,1-3H3. The largest absolute Gasteiger partial charge is 0.493 e. The van der Waals surface area contributed by atoms with Crippen molar-refractivity contribution in [2.45, 2.75) is 19.8 Å². The van der Waals surface area contributed by atoms with Crippen molar-refractivity contribution >= 4 is 11.8 Å². The van der Waals surface area contributed by atoms with Gasteiger partial charge < -0.3 is 18.9 Å². The maximum Gasteiger partial charge on any atom is 0.306 e. The van der Waals surface area contributed by atoms with Crippen LogP contribution in [0.3, 0.4) is 0 Å². The summed E-state index contributed by atoms with van der Waals surface area (Å²) < 4.78 is 20.5. The third-order valence-electron chi connectivity index (χ3n) is 2.67. The molecule has 116 valence electrons. The Bertz CT molecular complexity index is 461. The number of ketones is 1. The number of Topliss-reactive ketones (excluding diaryl/α,β-unsaturated/α-hetero) is 1. The summed E-state index contributed by atoms with van der Waals surface area (Å²) in [5.74, 6) is 0.740. The summed E-state index contributed by atoms with van der Waals surface area (Å²) >= 11 is 0. The summed E-state index contributed by atoms with van der Waals surface area (Å²) in [6, 6.07) is 5.18. The topological polar surface area (TPSA) is 71.1 Å². The molecule has 0 spiro atoms. The fraction of sp³-hybridized carbons (Fsp3) is 0.467. The van der Waals surface area contributed by atoms with E-state index in [2.05, 4.69) is 0 Å². The molecule has 1 aromatic rings. The molecule has 0 aliphatic heterocycles. The van der Waals surface area contributed by atoms with E-state index in [1.807, 2.05) is 0 Å². The van der Waals surface area contributed by atoms with E-state index in [4.69, 9.17) is 18.9 Å². The van der Waals surface area contributed by atoms with Gasteiger partial charge in [-0.05, 0) is 19.1 Å². The molecule has 6 nitrogen and oxygen atoms in total. The Morgan fingerprint density at radius 2 is 1.67 bits per heavy atom. The maximum atomic E-state index is 11.7. The lowest BCUT2D eigenvalue weighted by Crippen LogP contribution is -2.14. The van der Waals surface area contributed by atoms with E-state index >= 15 is 0 Å². The van der Waals surface area contributed by atoms with Gasteiger partial charge in [0.2, 0.25) is 5.75 Å². The number of carbonyl (C=O) groups is 2. The van der Waals surface area contributed by atoms with E-state index < -0.39 is 0 Å². The van der Waals surface area contributed by atoms with Crippen molar-refractivity contribution in [3.63, 3.8) is 0 Å². The SMILES string of the molecule is CCOC(=O)CCC(=O)COc1c(OC)cccc1OC. The quantitative estimate of drug-likeness (QED) is 0.649. The molecule has 0 atom stereocenters. The predicted molar refractivity (Wildman–Crippen MR) is 75.9 cm³/mol. The van der Waals surface area contributed by atoms with E-state index in [9.17, 15) is 9.59 Å². The zero-order valence-corrected chi connectivity index (χ0v) is 12.5. The summed E-state index contributed by atoms with van der Waals surface area (Å²) in [5.41, 5.74) is 0. The molecule has 0 radical (unpaired) electrons. The Labute approximate surface area is 123 Å². The van der Waals surface area contributed by atoms with Crippen molar-refractivity contribution in [2.75, 3.05) is 27.4 Å². The first-order chi connectivity index (χ1) is 10.1. The highest BCUT2D eigenvalue weighted by Gasteiger charge is 2.14. The molecule has 0 bridgehead atoms. The van der Waals surface area contributed by atoms with Gasteiger partial charge >= 0.3 is 5.97 Å². The summed E-state index contributed by atoms with van der Waals surface area (Å²) in [7, 11) is 3.01. The zero-order chi connectivity index (χ0) is 15.7. The fourth-order valence-corrected chi connectivity index (χ4v) is 1.66. The lowest BCUT2D eigenvalue weighted by molar-refractivity contribution is -0.144. The molecule has 0 aliphatic rings. The van der Waals surface area contributed by atoms with Gasteiger partial charge in [-0.3, -0.25) is 9.59 Å². The average Bonchev–Trinajstić information content (AvgIpc) is 2.50. The highest BCUT2D eigenvalue weighted by Crippen LogP contribution is 2.36. The number of para-hydroxylation sites is 1. The second-order valence-corrected chi connectivity index (χ2v) is 4.12. The molecule has 0 fully saturated rings. The van der Waals surface area contributed by atoms with Crippen LogP contribution in [0, 0.1) is 0 Å². The van der Waals surface area contributed by atoms with Crippen molar-refractivity contribution in [2.24, 2.45) is 0 Å². The van der Waals surface area contributed by atoms with Gasteiger partial charge in [-0.2, -0.15) is 0 Å². The van der Waals surface area contributed by atoms with Gasteiger partial charge in [-0.1, -0.05) is 6.07 Å². The van der Waals surface area contributed by atoms with Crippen LogP contribution in [-0.2, 0) is 14.3 Å². The van der Waals surface area contributed by atoms with Gasteiger partial charge in [0.05, 0.1) is 27.2 Å². The van der Waals surface area contributed by atoms with Crippen molar-refractivity contribution < 1.29 is 28.5 Å². The number of hydrogen-bond acceptors (Lipinski definition) is 6. The van der Waals surface area contributed by atoms with E-state index in [-0.39, 0.29) is 31.2 Å². The number of methoxy groups -OCH3 is 2. The van der Waals surface area contributed by atoms with E-state index in [1.165, 1.54) is 14.2 Å². The fourth-order valence-electron chi connectivity index (χ4n) is 1.66. The molecule has 1 aromatic carbocycles. The van der Waals surface area contributed by atoms with Crippen LogP contribution in [0.15, 0.2) is 18.2 Å². The molecular weight excluding hydrogens is 276 g/mol. The monoisotopic (exact) mass is 296 g/mol. The van der Waals surface area contributed by atoms with Crippen LogP contribution in [0.5, 0.6) is 17.2 Å². The lowest BCUT2D eigenvalue weighted by atomic mass is 10.2. The average molecular weight is 296 g/mol. The van der Waals surface area contributed by atoms with Crippen molar-refractivity contribution in [1.82, 2.24) is 0 Å². The molecule has 0 amide bonds. The summed E-state index contributed by atoms with van der Waals surface area (Å²) in [6.07, 6.45) is 0.134. The van der Waals surface area contributed by atoms with Crippen LogP contribution in [0.4, 0.5) is 0 Å². The van der Waals surface area contributed by atoms with Crippen LogP contribution < -0.4 is 14.2 Å². The second-order valence-electron chi connectivity index (χ2n) is 4.12. The lowest BCUT2D eigenvalue weighted by Gasteiger charge is -2.13. The molecule has 21 heavy (non-hydrogen) atoms. The summed E-state index contributed by atoms with van der Waals surface area (Å²) in [5, 5.41) is 0. The third-order valence-corrected chi connectivity index (χ3v) is 2.67. The highest BCUT2D eigenvalue weighted by atomic mass is 16.5. The van der Waals surface area contributed by atoms with Gasteiger partial charge in [0.1, 0.15) is 6.61 Å². The van der Waals surface area contributed by atoms with Gasteiger partial charge in [-0.15, -0.1) is 0 Å². The number of esters is 1. The van der Waals surface area contributed by atoms with Crippen LogP contribution in [0.2, 0.25) is 0 Å². The first-order valence-electron chi connectivity index (χ1n) is 6.63. The molecular formula is C15H20O6. The molecule has 0 saturated carbocycles.